The van der Waals surface area contributed by atoms with Gasteiger partial charge in [0.1, 0.15) is 25.1 Å². The summed E-state index contributed by atoms with van der Waals surface area (Å²) in [5, 5.41) is 2.92. The Balaban J connectivity index is 1.42. The molecular formula is C21H25N3O4. The Morgan fingerprint density at radius 1 is 1.14 bits per heavy atom. The van der Waals surface area contributed by atoms with Gasteiger partial charge in [0.2, 0.25) is 0 Å². The molecule has 2 aromatic carbocycles. The van der Waals surface area contributed by atoms with Crippen molar-refractivity contribution in [1.82, 2.24) is 4.90 Å². The van der Waals surface area contributed by atoms with Crippen LogP contribution in [0.4, 0.5) is 16.2 Å². The van der Waals surface area contributed by atoms with Crippen molar-refractivity contribution in [3.8, 4) is 17.2 Å². The van der Waals surface area contributed by atoms with E-state index in [2.05, 4.69) is 23.2 Å². The lowest BCUT2D eigenvalue weighted by atomic mass is 10.2. The van der Waals surface area contributed by atoms with Crippen LogP contribution in [0.25, 0.3) is 0 Å². The number of hydrogen-bond acceptors (Lipinski definition) is 5. The summed E-state index contributed by atoms with van der Waals surface area (Å²) in [5.74, 6) is 2.09. The maximum atomic E-state index is 12.7. The second-order valence-electron chi connectivity index (χ2n) is 6.89. The van der Waals surface area contributed by atoms with E-state index in [1.54, 1.807) is 11.9 Å². The van der Waals surface area contributed by atoms with Gasteiger partial charge in [-0.3, -0.25) is 0 Å². The first kappa shape index (κ1) is 18.3. The summed E-state index contributed by atoms with van der Waals surface area (Å²) < 4.78 is 17.4. The van der Waals surface area contributed by atoms with Crippen molar-refractivity contribution in [2.45, 2.75) is 13.0 Å². The van der Waals surface area contributed by atoms with Gasteiger partial charge in [0, 0.05) is 13.6 Å². The van der Waals surface area contributed by atoms with Gasteiger partial charge in [0.05, 0.1) is 24.5 Å². The molecule has 0 unspecified atom stereocenters. The molecular weight excluding hydrogens is 358 g/mol. The highest BCUT2D eigenvalue weighted by atomic mass is 16.6. The minimum atomic E-state index is -0.215. The Kier molecular flexibility index (Phi) is 5.14. The van der Waals surface area contributed by atoms with Crippen LogP contribution in [0, 0.1) is 0 Å². The highest BCUT2D eigenvalue weighted by molar-refractivity contribution is 5.91. The molecule has 0 spiro atoms. The van der Waals surface area contributed by atoms with Crippen LogP contribution in [0.1, 0.15) is 6.92 Å². The van der Waals surface area contributed by atoms with Gasteiger partial charge in [0.15, 0.2) is 11.5 Å². The minimum Gasteiger partial charge on any atom is -0.486 e. The zero-order chi connectivity index (χ0) is 19.5. The normalized spacial score (nSPS) is 17.4. The number of anilines is 2. The average Bonchev–Trinajstić information content (AvgIpc) is 2.73. The van der Waals surface area contributed by atoms with Crippen molar-refractivity contribution >= 4 is 17.4 Å². The topological polar surface area (TPSA) is 63.3 Å². The number of likely N-dealkylation sites (N-methyl/N-ethyl adjacent to an activating group) is 2. The molecule has 0 aromatic heterocycles. The number of urea groups is 1. The number of rotatable bonds is 4. The van der Waals surface area contributed by atoms with Crippen LogP contribution in [0.2, 0.25) is 0 Å². The Labute approximate surface area is 164 Å². The third-order valence-corrected chi connectivity index (χ3v) is 4.94. The average molecular weight is 383 g/mol. The van der Waals surface area contributed by atoms with E-state index < -0.39 is 0 Å². The van der Waals surface area contributed by atoms with Gasteiger partial charge in [-0.2, -0.15) is 0 Å². The molecule has 148 valence electrons. The minimum absolute atomic E-state index is 0.102. The molecule has 4 rings (SSSR count). The van der Waals surface area contributed by atoms with Crippen molar-refractivity contribution in [3.05, 3.63) is 42.5 Å². The first-order chi connectivity index (χ1) is 13.7. The van der Waals surface area contributed by atoms with Crippen LogP contribution in [0.5, 0.6) is 17.2 Å². The smallest absolute Gasteiger partial charge is 0.321 e. The van der Waals surface area contributed by atoms with Gasteiger partial charge in [-0.1, -0.05) is 18.2 Å². The van der Waals surface area contributed by atoms with E-state index >= 15 is 0 Å². The summed E-state index contributed by atoms with van der Waals surface area (Å²) in [6, 6.07) is 13.3. The zero-order valence-electron chi connectivity index (χ0n) is 16.2. The summed E-state index contributed by atoms with van der Waals surface area (Å²) in [4.78, 5) is 16.6. The van der Waals surface area contributed by atoms with Crippen molar-refractivity contribution in [2.24, 2.45) is 0 Å². The predicted molar refractivity (Wildman–Crippen MR) is 108 cm³/mol. The number of nitrogens with zero attached hydrogens (tertiary/aromatic N) is 2. The fourth-order valence-electron chi connectivity index (χ4n) is 3.54. The van der Waals surface area contributed by atoms with Crippen LogP contribution >= 0.6 is 0 Å². The number of nitrogens with one attached hydrogen (secondary N) is 1. The Bertz CT molecular complexity index is 857. The molecule has 2 aliphatic heterocycles. The number of benzene rings is 2. The molecule has 0 aliphatic carbocycles. The van der Waals surface area contributed by atoms with Crippen LogP contribution in [-0.2, 0) is 0 Å². The lowest BCUT2D eigenvalue weighted by molar-refractivity contribution is 0.150. The van der Waals surface area contributed by atoms with Crippen LogP contribution in [0.3, 0.4) is 0 Å². The fourth-order valence-corrected chi connectivity index (χ4v) is 3.54. The van der Waals surface area contributed by atoms with Crippen LogP contribution in [0.15, 0.2) is 42.5 Å². The van der Waals surface area contributed by atoms with E-state index in [0.29, 0.717) is 36.9 Å². The first-order valence-corrected chi connectivity index (χ1v) is 9.57. The third kappa shape index (κ3) is 3.65. The van der Waals surface area contributed by atoms with E-state index in [1.807, 2.05) is 36.4 Å². The lowest BCUT2D eigenvalue weighted by Crippen LogP contribution is -2.47. The van der Waals surface area contributed by atoms with Crippen LogP contribution < -0.4 is 24.4 Å². The standard InChI is InChI=1S/C21H25N3O4/c1-3-24-14-15(28-18-9-5-4-8-17(18)24)13-23(2)21(25)22-16-7-6-10-19-20(16)27-12-11-26-19/h4-10,15H,3,11-14H2,1-2H3,(H,22,25)/t15-/m0/s1. The Morgan fingerprint density at radius 3 is 2.79 bits per heavy atom. The van der Waals surface area contributed by atoms with Gasteiger partial charge in [-0.15, -0.1) is 0 Å². The highest BCUT2D eigenvalue weighted by Gasteiger charge is 2.27. The first-order valence-electron chi connectivity index (χ1n) is 9.57. The second-order valence-corrected chi connectivity index (χ2v) is 6.89. The third-order valence-electron chi connectivity index (χ3n) is 4.94. The second kappa shape index (κ2) is 7.88. The number of hydrogen-bond donors (Lipinski definition) is 1. The van der Waals surface area contributed by atoms with E-state index in [4.69, 9.17) is 14.2 Å². The fraction of sp³-hybridized carbons (Fsp3) is 0.381. The number of fused-ring (bicyclic) bond motifs is 2. The Hall–Kier alpha value is -3.09. The molecule has 0 fully saturated rings. The summed E-state index contributed by atoms with van der Waals surface area (Å²) in [6.45, 7) is 5.21. The van der Waals surface area contributed by atoms with Crippen molar-refractivity contribution in [3.63, 3.8) is 0 Å². The van der Waals surface area contributed by atoms with Crippen LogP contribution in [-0.4, -0.2) is 56.9 Å². The molecule has 2 amide bonds. The Morgan fingerprint density at radius 2 is 1.93 bits per heavy atom. The summed E-state index contributed by atoms with van der Waals surface area (Å²) >= 11 is 0. The maximum Gasteiger partial charge on any atom is 0.321 e. The molecule has 2 aliphatic rings. The summed E-state index contributed by atoms with van der Waals surface area (Å²) in [6.07, 6.45) is -0.102. The molecule has 7 nitrogen and oxygen atoms in total. The summed E-state index contributed by atoms with van der Waals surface area (Å²) in [5.41, 5.74) is 1.71. The van der Waals surface area contributed by atoms with Crippen molar-refractivity contribution in [1.29, 1.82) is 0 Å². The van der Waals surface area contributed by atoms with E-state index in [9.17, 15) is 4.79 Å². The highest BCUT2D eigenvalue weighted by Crippen LogP contribution is 2.37. The number of carbonyl (C=O) groups is 1. The van der Waals surface area contributed by atoms with Crippen molar-refractivity contribution in [2.75, 3.05) is 50.1 Å². The molecule has 0 saturated heterocycles. The number of amides is 2. The molecule has 2 aromatic rings. The van der Waals surface area contributed by atoms with E-state index in [0.717, 1.165) is 24.5 Å². The van der Waals surface area contributed by atoms with Gasteiger partial charge >= 0.3 is 6.03 Å². The van der Waals surface area contributed by atoms with Gasteiger partial charge in [-0.05, 0) is 31.2 Å². The van der Waals surface area contributed by atoms with E-state index in [-0.39, 0.29) is 12.1 Å². The molecule has 7 heteroatoms. The van der Waals surface area contributed by atoms with Gasteiger partial charge < -0.3 is 29.3 Å². The lowest BCUT2D eigenvalue weighted by Gasteiger charge is -2.37. The predicted octanol–water partition coefficient (Wildman–Crippen LogP) is 3.21. The zero-order valence-corrected chi connectivity index (χ0v) is 16.2. The molecule has 1 N–H and O–H groups in total. The summed E-state index contributed by atoms with van der Waals surface area (Å²) in [7, 11) is 1.77. The number of para-hydroxylation sites is 3. The van der Waals surface area contributed by atoms with Gasteiger partial charge in [0.25, 0.3) is 0 Å². The molecule has 0 bridgehead atoms. The van der Waals surface area contributed by atoms with Crippen molar-refractivity contribution < 1.29 is 19.0 Å². The maximum absolute atomic E-state index is 12.7. The number of carbonyl (C=O) groups excluding carboxylic acids is 1. The molecule has 2 heterocycles. The molecule has 1 atom stereocenters. The number of ether oxygens (including phenoxy) is 3. The monoisotopic (exact) mass is 383 g/mol. The SMILES string of the molecule is CCN1C[C@H](CN(C)C(=O)Nc2cccc3c2OCCO3)Oc2ccccc21. The van der Waals surface area contributed by atoms with Gasteiger partial charge in [-0.25, -0.2) is 4.79 Å². The quantitative estimate of drug-likeness (QED) is 0.878. The van der Waals surface area contributed by atoms with E-state index in [1.165, 1.54) is 0 Å². The largest absolute Gasteiger partial charge is 0.486 e. The molecule has 0 radical (unpaired) electrons. The molecule has 0 saturated carbocycles. The molecule has 28 heavy (non-hydrogen) atoms.